The zero-order chi connectivity index (χ0) is 18.7. The molecule has 1 aliphatic rings. The van der Waals surface area contributed by atoms with Gasteiger partial charge in [-0.05, 0) is 0 Å². The summed E-state index contributed by atoms with van der Waals surface area (Å²) in [5.74, 6) is -5.10. The number of ether oxygens (including phenoxy) is 2. The van der Waals surface area contributed by atoms with E-state index in [9.17, 15) is 34.8 Å². The van der Waals surface area contributed by atoms with Crippen LogP contribution in [0.5, 0.6) is 0 Å². The summed E-state index contributed by atoms with van der Waals surface area (Å²) in [5.41, 5.74) is -2.95. The molecule has 0 spiro atoms. The topological polar surface area (TPSA) is 211 Å². The molecular weight excluding hydrogens is 336 g/mol. The quantitative estimate of drug-likeness (QED) is 0.218. The average Bonchev–Trinajstić information content (AvgIpc) is 2.46. The zero-order valence-corrected chi connectivity index (χ0v) is 12.2. The van der Waals surface area contributed by atoms with Gasteiger partial charge in [0.2, 0.25) is 6.29 Å². The molecule has 1 heterocycles. The first kappa shape index (κ1) is 20.2. The first-order valence-electron chi connectivity index (χ1n) is 6.69. The van der Waals surface area contributed by atoms with Gasteiger partial charge in [-0.1, -0.05) is 0 Å². The van der Waals surface area contributed by atoms with Crippen LogP contribution in [0.3, 0.4) is 0 Å². The van der Waals surface area contributed by atoms with Crippen LogP contribution in [0.1, 0.15) is 12.8 Å². The van der Waals surface area contributed by atoms with Crippen molar-refractivity contribution in [2.24, 2.45) is 0 Å². The van der Waals surface area contributed by atoms with Gasteiger partial charge in [-0.2, -0.15) is 0 Å². The number of carbonyl (C=O) groups is 3. The third-order valence-electron chi connectivity index (χ3n) is 3.37. The third-order valence-corrected chi connectivity index (χ3v) is 3.37. The van der Waals surface area contributed by atoms with Crippen molar-refractivity contribution in [3.8, 4) is 0 Å². The first-order valence-corrected chi connectivity index (χ1v) is 6.69. The van der Waals surface area contributed by atoms with Crippen molar-refractivity contribution in [3.63, 3.8) is 0 Å². The maximum absolute atomic E-state index is 11.7. The van der Waals surface area contributed by atoms with E-state index in [2.05, 4.69) is 4.74 Å². The lowest BCUT2D eigenvalue weighted by atomic mass is 9.95. The highest BCUT2D eigenvalue weighted by atomic mass is 16.7. The van der Waals surface area contributed by atoms with E-state index in [1.54, 1.807) is 0 Å². The number of rotatable bonds is 7. The summed E-state index contributed by atoms with van der Waals surface area (Å²) in [4.78, 5) is 33.2. The lowest BCUT2D eigenvalue weighted by molar-refractivity contribution is -0.293. The van der Waals surface area contributed by atoms with Crippen LogP contribution >= 0.6 is 0 Å². The number of aliphatic carboxylic acids is 2. The Labute approximate surface area is 134 Å². The summed E-state index contributed by atoms with van der Waals surface area (Å²) in [6, 6.07) is 0. The molecule has 0 radical (unpaired) electrons. The van der Waals surface area contributed by atoms with E-state index in [0.717, 1.165) is 0 Å². The minimum atomic E-state index is -2.95. The van der Waals surface area contributed by atoms with Crippen LogP contribution in [0.2, 0.25) is 0 Å². The molecule has 138 valence electrons. The van der Waals surface area contributed by atoms with Gasteiger partial charge in [0.1, 0.15) is 24.4 Å². The largest absolute Gasteiger partial charge is 0.481 e. The van der Waals surface area contributed by atoms with Gasteiger partial charge < -0.3 is 45.2 Å². The molecule has 1 saturated heterocycles. The van der Waals surface area contributed by atoms with Crippen LogP contribution in [-0.4, -0.2) is 96.6 Å². The number of aliphatic hydroxyl groups excluding tert-OH is 4. The second-order valence-electron chi connectivity index (χ2n) is 5.27. The Morgan fingerprint density at radius 2 is 1.58 bits per heavy atom. The molecule has 0 aliphatic carbocycles. The Balaban J connectivity index is 2.78. The number of carbonyl (C=O) groups excluding carboxylic acids is 1. The van der Waals surface area contributed by atoms with Crippen molar-refractivity contribution >= 4 is 17.9 Å². The van der Waals surface area contributed by atoms with Crippen LogP contribution in [0.25, 0.3) is 0 Å². The summed E-state index contributed by atoms with van der Waals surface area (Å²) in [5, 5.41) is 64.8. The molecule has 0 amide bonds. The smallest absolute Gasteiger partial charge is 0.336 e. The Morgan fingerprint density at radius 1 is 1.00 bits per heavy atom. The van der Waals surface area contributed by atoms with Crippen LogP contribution in [0, 0.1) is 0 Å². The van der Waals surface area contributed by atoms with Gasteiger partial charge in [0.05, 0.1) is 19.4 Å². The van der Waals surface area contributed by atoms with Crippen molar-refractivity contribution in [2.45, 2.75) is 49.1 Å². The summed E-state index contributed by atoms with van der Waals surface area (Å²) >= 11 is 0. The van der Waals surface area contributed by atoms with Crippen LogP contribution in [0.15, 0.2) is 0 Å². The molecule has 0 aromatic carbocycles. The van der Waals surface area contributed by atoms with Gasteiger partial charge in [0.25, 0.3) is 0 Å². The number of aliphatic hydroxyl groups is 5. The number of esters is 1. The van der Waals surface area contributed by atoms with Crippen molar-refractivity contribution in [3.05, 3.63) is 0 Å². The van der Waals surface area contributed by atoms with E-state index >= 15 is 0 Å². The van der Waals surface area contributed by atoms with E-state index in [1.165, 1.54) is 0 Å². The average molecular weight is 354 g/mol. The minimum absolute atomic E-state index is 0.781. The fourth-order valence-electron chi connectivity index (χ4n) is 2.04. The van der Waals surface area contributed by atoms with E-state index < -0.39 is 73.7 Å². The molecule has 1 fully saturated rings. The van der Waals surface area contributed by atoms with Crippen LogP contribution in [-0.2, 0) is 23.9 Å². The molecule has 0 bridgehead atoms. The molecule has 1 aliphatic heterocycles. The van der Waals surface area contributed by atoms with Crippen molar-refractivity contribution < 1.29 is 59.6 Å². The fraction of sp³-hybridized carbons (Fsp3) is 0.750. The molecule has 2 unspecified atom stereocenters. The van der Waals surface area contributed by atoms with Crippen LogP contribution < -0.4 is 0 Å². The SMILES string of the molecule is O=C(O)CC(O)(CC(=O)OC1O[C@H](CO)[C@@H](O)[C@H](O)[C@H]1O)C(=O)O. The van der Waals surface area contributed by atoms with Gasteiger partial charge in [0.15, 0.2) is 5.60 Å². The predicted molar refractivity (Wildman–Crippen MR) is 69.3 cm³/mol. The van der Waals surface area contributed by atoms with Gasteiger partial charge >= 0.3 is 17.9 Å². The monoisotopic (exact) mass is 354 g/mol. The lowest BCUT2D eigenvalue weighted by Gasteiger charge is -2.39. The van der Waals surface area contributed by atoms with Crippen molar-refractivity contribution in [1.82, 2.24) is 0 Å². The maximum atomic E-state index is 11.7. The molecule has 24 heavy (non-hydrogen) atoms. The van der Waals surface area contributed by atoms with Gasteiger partial charge in [-0.25, -0.2) is 4.79 Å². The number of hydrogen-bond acceptors (Lipinski definition) is 10. The Kier molecular flexibility index (Phi) is 6.59. The summed E-state index contributed by atoms with van der Waals surface area (Å²) < 4.78 is 9.43. The van der Waals surface area contributed by atoms with Crippen molar-refractivity contribution in [2.75, 3.05) is 6.61 Å². The molecule has 12 nitrogen and oxygen atoms in total. The number of carboxylic acid groups (broad SMARTS) is 2. The first-order chi connectivity index (χ1) is 11.0. The predicted octanol–water partition coefficient (Wildman–Crippen LogP) is -3.99. The van der Waals surface area contributed by atoms with Crippen LogP contribution in [0.4, 0.5) is 0 Å². The summed E-state index contributed by atoms with van der Waals surface area (Å²) in [6.45, 7) is -0.781. The highest BCUT2D eigenvalue weighted by Crippen LogP contribution is 2.24. The number of carboxylic acids is 2. The molecule has 6 atom stereocenters. The molecule has 12 heteroatoms. The second-order valence-corrected chi connectivity index (χ2v) is 5.27. The highest BCUT2D eigenvalue weighted by molar-refractivity contribution is 5.88. The number of hydrogen-bond donors (Lipinski definition) is 7. The highest BCUT2D eigenvalue weighted by Gasteiger charge is 2.47. The summed E-state index contributed by atoms with van der Waals surface area (Å²) in [7, 11) is 0. The van der Waals surface area contributed by atoms with E-state index in [0.29, 0.717) is 0 Å². The molecule has 0 aromatic rings. The lowest BCUT2D eigenvalue weighted by Crippen LogP contribution is -2.59. The molecular formula is C12H18O12. The normalized spacial score (nSPS) is 32.6. The Hall–Kier alpha value is -1.83. The van der Waals surface area contributed by atoms with Gasteiger partial charge in [-0.15, -0.1) is 0 Å². The Bertz CT molecular complexity index is 490. The zero-order valence-electron chi connectivity index (χ0n) is 12.2. The molecule has 0 aromatic heterocycles. The maximum Gasteiger partial charge on any atom is 0.336 e. The van der Waals surface area contributed by atoms with E-state index in [4.69, 9.17) is 20.1 Å². The molecule has 0 saturated carbocycles. The third kappa shape index (κ3) is 4.59. The van der Waals surface area contributed by atoms with Gasteiger partial charge in [0, 0.05) is 0 Å². The minimum Gasteiger partial charge on any atom is -0.481 e. The fourth-order valence-corrected chi connectivity index (χ4v) is 2.04. The van der Waals surface area contributed by atoms with Crippen molar-refractivity contribution in [1.29, 1.82) is 0 Å². The van der Waals surface area contributed by atoms with E-state index in [1.807, 2.05) is 0 Å². The van der Waals surface area contributed by atoms with E-state index in [-0.39, 0.29) is 0 Å². The molecule has 1 rings (SSSR count). The standard InChI is InChI=1S/C12H18O12/c13-3-4-7(17)8(18)9(19)10(23-4)24-6(16)2-12(22,11(20)21)1-5(14)15/h4,7-10,13,17-19,22H,1-3H2,(H,14,15)(H,20,21)/t4-,7-,8+,9-,10?,12?/m1/s1. The Morgan fingerprint density at radius 3 is 2.04 bits per heavy atom. The summed E-state index contributed by atoms with van der Waals surface area (Å²) in [6.07, 6.45) is -11.2. The molecule has 7 N–H and O–H groups in total. The second kappa shape index (κ2) is 7.83. The van der Waals surface area contributed by atoms with Gasteiger partial charge in [-0.3, -0.25) is 9.59 Å².